The van der Waals surface area contributed by atoms with Gasteiger partial charge in [0.2, 0.25) is 6.54 Å². The standard InChI is InChI=1S/C16H15NO4S/c1-11-6-8-12(9-7-11)15(10-17(20)21)22-14-5-3-2-4-13(14)16(18)19/h2-9,15H,10H2,1H3,(H,18,19). The molecule has 0 saturated carbocycles. The van der Waals surface area contributed by atoms with Gasteiger partial charge in [-0.25, -0.2) is 4.79 Å². The number of aromatic carboxylic acids is 1. The third-order valence-electron chi connectivity index (χ3n) is 3.15. The summed E-state index contributed by atoms with van der Waals surface area (Å²) in [6, 6.07) is 14.0. The second-order valence-corrected chi connectivity index (χ2v) is 6.08. The molecule has 1 N–H and O–H groups in total. The molecule has 0 amide bonds. The molecule has 0 saturated heterocycles. The fourth-order valence-corrected chi connectivity index (χ4v) is 3.26. The van der Waals surface area contributed by atoms with E-state index < -0.39 is 11.2 Å². The van der Waals surface area contributed by atoms with Crippen molar-refractivity contribution in [1.82, 2.24) is 0 Å². The Morgan fingerprint density at radius 2 is 1.86 bits per heavy atom. The summed E-state index contributed by atoms with van der Waals surface area (Å²) in [5.74, 6) is -1.04. The Kier molecular flexibility index (Phi) is 5.16. The summed E-state index contributed by atoms with van der Waals surface area (Å²) in [4.78, 5) is 22.4. The van der Waals surface area contributed by atoms with Crippen LogP contribution in [0.25, 0.3) is 0 Å². The van der Waals surface area contributed by atoms with E-state index in [4.69, 9.17) is 0 Å². The molecule has 0 aliphatic heterocycles. The smallest absolute Gasteiger partial charge is 0.336 e. The van der Waals surface area contributed by atoms with Crippen molar-refractivity contribution in [3.63, 3.8) is 0 Å². The topological polar surface area (TPSA) is 80.4 Å². The Bertz CT molecular complexity index is 685. The number of carboxylic acid groups (broad SMARTS) is 1. The number of carboxylic acids is 1. The van der Waals surface area contributed by atoms with Crippen LogP contribution in [0, 0.1) is 17.0 Å². The minimum atomic E-state index is -1.04. The Hall–Kier alpha value is -2.34. The Balaban J connectivity index is 2.33. The van der Waals surface area contributed by atoms with Crippen LogP contribution < -0.4 is 0 Å². The van der Waals surface area contributed by atoms with Crippen LogP contribution in [0.2, 0.25) is 0 Å². The van der Waals surface area contributed by atoms with Gasteiger partial charge >= 0.3 is 5.97 Å². The van der Waals surface area contributed by atoms with Crippen molar-refractivity contribution in [3.05, 3.63) is 75.3 Å². The van der Waals surface area contributed by atoms with E-state index in [1.165, 1.54) is 17.8 Å². The van der Waals surface area contributed by atoms with E-state index in [2.05, 4.69) is 0 Å². The summed E-state index contributed by atoms with van der Waals surface area (Å²) in [5.41, 5.74) is 2.04. The molecule has 0 aliphatic carbocycles. The van der Waals surface area contributed by atoms with Crippen molar-refractivity contribution in [1.29, 1.82) is 0 Å². The monoisotopic (exact) mass is 317 g/mol. The summed E-state index contributed by atoms with van der Waals surface area (Å²) in [7, 11) is 0. The van der Waals surface area contributed by atoms with Gasteiger partial charge in [-0.1, -0.05) is 42.0 Å². The number of nitrogens with zero attached hydrogens (tertiary/aromatic N) is 1. The van der Waals surface area contributed by atoms with Crippen LogP contribution in [-0.2, 0) is 0 Å². The lowest BCUT2D eigenvalue weighted by molar-refractivity contribution is -0.479. The van der Waals surface area contributed by atoms with Gasteiger partial charge in [-0.3, -0.25) is 10.1 Å². The van der Waals surface area contributed by atoms with Crippen LogP contribution >= 0.6 is 11.8 Å². The molecule has 114 valence electrons. The molecule has 2 aromatic rings. The fourth-order valence-electron chi connectivity index (χ4n) is 2.03. The minimum Gasteiger partial charge on any atom is -0.478 e. The maximum atomic E-state index is 11.3. The molecule has 0 heterocycles. The molecule has 2 aromatic carbocycles. The molecule has 6 heteroatoms. The first-order valence-corrected chi connectivity index (χ1v) is 7.52. The highest BCUT2D eigenvalue weighted by atomic mass is 32.2. The average Bonchev–Trinajstić information content (AvgIpc) is 2.47. The quantitative estimate of drug-likeness (QED) is 0.498. The largest absolute Gasteiger partial charge is 0.478 e. The maximum Gasteiger partial charge on any atom is 0.336 e. The van der Waals surface area contributed by atoms with Crippen LogP contribution in [0.4, 0.5) is 0 Å². The summed E-state index contributed by atoms with van der Waals surface area (Å²) in [5, 5.41) is 19.7. The lowest BCUT2D eigenvalue weighted by atomic mass is 10.1. The highest BCUT2D eigenvalue weighted by Crippen LogP contribution is 2.37. The molecule has 22 heavy (non-hydrogen) atoms. The second-order valence-electron chi connectivity index (χ2n) is 4.83. The summed E-state index contributed by atoms with van der Waals surface area (Å²) in [6.45, 7) is 1.68. The van der Waals surface area contributed by atoms with Gasteiger partial charge in [0.05, 0.1) is 10.8 Å². The number of nitro groups is 1. The van der Waals surface area contributed by atoms with Crippen molar-refractivity contribution in [2.45, 2.75) is 17.1 Å². The number of benzene rings is 2. The SMILES string of the molecule is Cc1ccc(C(C[N+](=O)[O-])Sc2ccccc2C(=O)O)cc1. The number of hydrogen-bond donors (Lipinski definition) is 1. The lowest BCUT2D eigenvalue weighted by Crippen LogP contribution is -2.10. The van der Waals surface area contributed by atoms with Crippen LogP contribution in [0.3, 0.4) is 0 Å². The minimum absolute atomic E-state index is 0.160. The number of aryl methyl sites for hydroxylation is 1. The molecule has 0 aromatic heterocycles. The first-order chi connectivity index (χ1) is 10.5. The zero-order valence-electron chi connectivity index (χ0n) is 11.9. The molecule has 1 unspecified atom stereocenters. The third kappa shape index (κ3) is 4.08. The van der Waals surface area contributed by atoms with E-state index in [9.17, 15) is 20.0 Å². The summed E-state index contributed by atoms with van der Waals surface area (Å²) in [6.07, 6.45) is 0. The third-order valence-corrected chi connectivity index (χ3v) is 4.47. The first kappa shape index (κ1) is 16.0. The molecule has 0 spiro atoms. The van der Waals surface area contributed by atoms with Gasteiger partial charge in [0.25, 0.3) is 0 Å². The van der Waals surface area contributed by atoms with Gasteiger partial charge in [-0.2, -0.15) is 0 Å². The van der Waals surface area contributed by atoms with E-state index in [-0.39, 0.29) is 17.0 Å². The van der Waals surface area contributed by atoms with Gasteiger partial charge < -0.3 is 5.11 Å². The fraction of sp³-hybridized carbons (Fsp3) is 0.188. The van der Waals surface area contributed by atoms with Gasteiger partial charge in [-0.05, 0) is 24.6 Å². The van der Waals surface area contributed by atoms with E-state index in [1.54, 1.807) is 18.2 Å². The number of thioether (sulfide) groups is 1. The lowest BCUT2D eigenvalue weighted by Gasteiger charge is -2.14. The molecule has 1 atom stereocenters. The molecule has 0 aliphatic rings. The zero-order chi connectivity index (χ0) is 16.1. The van der Waals surface area contributed by atoms with Crippen molar-refractivity contribution >= 4 is 17.7 Å². The van der Waals surface area contributed by atoms with E-state index in [0.717, 1.165) is 11.1 Å². The van der Waals surface area contributed by atoms with Crippen molar-refractivity contribution < 1.29 is 14.8 Å². The van der Waals surface area contributed by atoms with Crippen molar-refractivity contribution in [2.24, 2.45) is 0 Å². The summed E-state index contributed by atoms with van der Waals surface area (Å²) < 4.78 is 0. The van der Waals surface area contributed by atoms with Gasteiger partial charge in [-0.15, -0.1) is 11.8 Å². The molecule has 5 nitrogen and oxygen atoms in total. The Morgan fingerprint density at radius 1 is 1.23 bits per heavy atom. The number of carbonyl (C=O) groups is 1. The van der Waals surface area contributed by atoms with Crippen LogP contribution in [0.1, 0.15) is 26.7 Å². The predicted octanol–water partition coefficient (Wildman–Crippen LogP) is 3.80. The highest BCUT2D eigenvalue weighted by molar-refractivity contribution is 7.99. The Morgan fingerprint density at radius 3 is 2.45 bits per heavy atom. The normalized spacial score (nSPS) is 11.9. The predicted molar refractivity (Wildman–Crippen MR) is 85.0 cm³/mol. The molecule has 0 fully saturated rings. The molecule has 2 rings (SSSR count). The highest BCUT2D eigenvalue weighted by Gasteiger charge is 2.22. The number of rotatable bonds is 6. The van der Waals surface area contributed by atoms with Crippen molar-refractivity contribution in [2.75, 3.05) is 6.54 Å². The van der Waals surface area contributed by atoms with Gasteiger partial charge in [0.15, 0.2) is 0 Å². The van der Waals surface area contributed by atoms with Crippen LogP contribution in [0.5, 0.6) is 0 Å². The Labute approximate surface area is 132 Å². The molecular weight excluding hydrogens is 302 g/mol. The zero-order valence-corrected chi connectivity index (χ0v) is 12.7. The average molecular weight is 317 g/mol. The van der Waals surface area contributed by atoms with E-state index >= 15 is 0 Å². The molecule has 0 radical (unpaired) electrons. The number of hydrogen-bond acceptors (Lipinski definition) is 4. The maximum absolute atomic E-state index is 11.3. The second kappa shape index (κ2) is 7.09. The molecule has 0 bridgehead atoms. The summed E-state index contributed by atoms with van der Waals surface area (Å²) >= 11 is 1.21. The van der Waals surface area contributed by atoms with E-state index in [1.807, 2.05) is 31.2 Å². The van der Waals surface area contributed by atoms with Crippen molar-refractivity contribution in [3.8, 4) is 0 Å². The van der Waals surface area contributed by atoms with Gasteiger partial charge in [0, 0.05) is 9.82 Å². The van der Waals surface area contributed by atoms with Crippen LogP contribution in [-0.4, -0.2) is 22.5 Å². The van der Waals surface area contributed by atoms with Gasteiger partial charge in [0.1, 0.15) is 0 Å². The molecular formula is C16H15NO4S. The van der Waals surface area contributed by atoms with E-state index in [0.29, 0.717) is 4.90 Å². The first-order valence-electron chi connectivity index (χ1n) is 6.64. The van der Waals surface area contributed by atoms with Crippen LogP contribution in [0.15, 0.2) is 53.4 Å².